The van der Waals surface area contributed by atoms with E-state index in [1.165, 1.54) is 31.5 Å². The number of aromatic nitrogens is 1. The predicted octanol–water partition coefficient (Wildman–Crippen LogP) is 2.50. The summed E-state index contributed by atoms with van der Waals surface area (Å²) in [5.74, 6) is 1.13. The Morgan fingerprint density at radius 3 is 2.62 bits per heavy atom. The number of likely N-dealkylation sites (tertiary alicyclic amines) is 1. The van der Waals surface area contributed by atoms with E-state index in [2.05, 4.69) is 61.0 Å². The molecular weight excluding hydrogens is 260 g/mol. The second-order valence-corrected chi connectivity index (χ2v) is 7.24. The Bertz CT molecular complexity index is 444. The Morgan fingerprint density at radius 1 is 1.33 bits per heavy atom. The van der Waals surface area contributed by atoms with Crippen molar-refractivity contribution in [2.45, 2.75) is 51.7 Å². The van der Waals surface area contributed by atoms with Crippen LogP contribution in [0.1, 0.15) is 39.2 Å². The second kappa shape index (κ2) is 6.75. The number of nitrogens with zero attached hydrogens (tertiary/aromatic N) is 3. The van der Waals surface area contributed by atoms with Crippen molar-refractivity contribution < 1.29 is 0 Å². The Morgan fingerprint density at radius 2 is 2.00 bits per heavy atom. The zero-order chi connectivity index (χ0) is 15.5. The highest BCUT2D eigenvalue weighted by Gasteiger charge is 2.23. The summed E-state index contributed by atoms with van der Waals surface area (Å²) in [5.41, 5.74) is 1.41. The monoisotopic (exact) mass is 290 g/mol. The fourth-order valence-electron chi connectivity index (χ4n) is 2.80. The average Bonchev–Trinajstić information content (AvgIpc) is 2.45. The first kappa shape index (κ1) is 16.2. The molecule has 0 saturated carbocycles. The maximum atomic E-state index is 4.65. The van der Waals surface area contributed by atoms with Gasteiger partial charge in [-0.05, 0) is 59.8 Å². The first-order valence-electron chi connectivity index (χ1n) is 7.97. The van der Waals surface area contributed by atoms with Gasteiger partial charge in [0.15, 0.2) is 0 Å². The van der Waals surface area contributed by atoms with Crippen LogP contribution in [0.5, 0.6) is 0 Å². The van der Waals surface area contributed by atoms with Crippen molar-refractivity contribution in [1.82, 2.24) is 15.2 Å². The molecule has 1 fully saturated rings. The zero-order valence-electron chi connectivity index (χ0n) is 14.2. The topological polar surface area (TPSA) is 31.4 Å². The Hall–Kier alpha value is -1.13. The van der Waals surface area contributed by atoms with Crippen molar-refractivity contribution >= 4 is 5.82 Å². The molecule has 0 aliphatic carbocycles. The maximum absolute atomic E-state index is 4.65. The number of nitrogens with one attached hydrogen (secondary N) is 1. The molecule has 0 atom stereocenters. The van der Waals surface area contributed by atoms with Crippen LogP contribution in [0, 0.1) is 0 Å². The van der Waals surface area contributed by atoms with Gasteiger partial charge in [0, 0.05) is 36.9 Å². The number of hydrogen-bond donors (Lipinski definition) is 1. The molecule has 1 saturated heterocycles. The van der Waals surface area contributed by atoms with Crippen LogP contribution in [-0.2, 0) is 6.54 Å². The molecule has 4 nitrogen and oxygen atoms in total. The van der Waals surface area contributed by atoms with E-state index in [-0.39, 0.29) is 5.54 Å². The summed E-state index contributed by atoms with van der Waals surface area (Å²) in [6.45, 7) is 9.82. The summed E-state index contributed by atoms with van der Waals surface area (Å²) in [6.07, 6.45) is 4.34. The Kier molecular flexibility index (Phi) is 5.22. The molecular formula is C17H30N4. The molecule has 1 aromatic rings. The van der Waals surface area contributed by atoms with Crippen molar-refractivity contribution in [3.8, 4) is 0 Å². The minimum absolute atomic E-state index is 0.124. The van der Waals surface area contributed by atoms with Gasteiger partial charge in [-0.25, -0.2) is 4.98 Å². The summed E-state index contributed by atoms with van der Waals surface area (Å²) in [4.78, 5) is 9.44. The first-order chi connectivity index (χ1) is 9.87. The van der Waals surface area contributed by atoms with Crippen molar-refractivity contribution in [2.24, 2.45) is 0 Å². The van der Waals surface area contributed by atoms with Crippen molar-refractivity contribution in [3.05, 3.63) is 23.9 Å². The third-order valence-electron chi connectivity index (χ3n) is 4.25. The molecule has 0 unspecified atom stereocenters. The molecule has 21 heavy (non-hydrogen) atoms. The van der Waals surface area contributed by atoms with Gasteiger partial charge in [0.2, 0.25) is 0 Å². The molecule has 4 heteroatoms. The smallest absolute Gasteiger partial charge is 0.133 e. The van der Waals surface area contributed by atoms with Gasteiger partial charge in [0.05, 0.1) is 0 Å². The van der Waals surface area contributed by atoms with E-state index in [9.17, 15) is 0 Å². The lowest BCUT2D eigenvalue weighted by atomic mass is 10.0. The van der Waals surface area contributed by atoms with Gasteiger partial charge >= 0.3 is 0 Å². The molecule has 1 N–H and O–H groups in total. The fraction of sp³-hybridized carbons (Fsp3) is 0.706. The van der Waals surface area contributed by atoms with Crippen LogP contribution in [0.25, 0.3) is 0 Å². The third kappa shape index (κ3) is 4.68. The molecule has 1 aromatic heterocycles. The van der Waals surface area contributed by atoms with E-state index in [4.69, 9.17) is 0 Å². The van der Waals surface area contributed by atoms with Crippen LogP contribution in [0.2, 0.25) is 0 Å². The van der Waals surface area contributed by atoms with Gasteiger partial charge in [-0.2, -0.15) is 0 Å². The fourth-order valence-corrected chi connectivity index (χ4v) is 2.80. The lowest BCUT2D eigenvalue weighted by Crippen LogP contribution is -2.43. The quantitative estimate of drug-likeness (QED) is 0.923. The normalized spacial score (nSPS) is 18.0. The molecule has 2 heterocycles. The van der Waals surface area contributed by atoms with Crippen LogP contribution in [0.15, 0.2) is 18.3 Å². The van der Waals surface area contributed by atoms with E-state index >= 15 is 0 Å². The summed E-state index contributed by atoms with van der Waals surface area (Å²) in [6, 6.07) is 4.82. The van der Waals surface area contributed by atoms with E-state index in [1.54, 1.807) is 0 Å². The minimum atomic E-state index is 0.124. The number of piperidine rings is 1. The van der Waals surface area contributed by atoms with E-state index in [0.717, 1.165) is 12.4 Å². The summed E-state index contributed by atoms with van der Waals surface area (Å²) in [7, 11) is 4.40. The predicted molar refractivity (Wildman–Crippen MR) is 89.8 cm³/mol. The Balaban J connectivity index is 2.08. The van der Waals surface area contributed by atoms with Crippen LogP contribution in [0.3, 0.4) is 0 Å². The Labute approximate surface area is 129 Å². The highest BCUT2D eigenvalue weighted by Crippen LogP contribution is 2.23. The number of anilines is 1. The van der Waals surface area contributed by atoms with E-state index < -0.39 is 0 Å². The second-order valence-electron chi connectivity index (χ2n) is 7.24. The molecule has 118 valence electrons. The zero-order valence-corrected chi connectivity index (χ0v) is 14.2. The molecule has 0 aromatic carbocycles. The number of hydrogen-bond acceptors (Lipinski definition) is 4. The summed E-state index contributed by atoms with van der Waals surface area (Å²) < 4.78 is 0. The van der Waals surface area contributed by atoms with Gasteiger partial charge in [0.1, 0.15) is 5.82 Å². The van der Waals surface area contributed by atoms with Crippen LogP contribution in [-0.4, -0.2) is 48.6 Å². The SMILES string of the molecule is CN1CCC(N(C)c2ncccc2CNC(C)(C)C)CC1. The van der Waals surface area contributed by atoms with E-state index in [1.807, 2.05) is 12.3 Å². The number of rotatable bonds is 4. The highest BCUT2D eigenvalue weighted by atomic mass is 15.2. The van der Waals surface area contributed by atoms with Gasteiger partial charge in [-0.3, -0.25) is 0 Å². The van der Waals surface area contributed by atoms with Gasteiger partial charge < -0.3 is 15.1 Å². The molecule has 0 amide bonds. The van der Waals surface area contributed by atoms with Crippen molar-refractivity contribution in [2.75, 3.05) is 32.1 Å². The molecule has 2 rings (SSSR count). The molecule has 0 radical (unpaired) electrons. The van der Waals surface area contributed by atoms with E-state index in [0.29, 0.717) is 6.04 Å². The lowest BCUT2D eigenvalue weighted by molar-refractivity contribution is 0.252. The molecule has 1 aliphatic heterocycles. The lowest BCUT2D eigenvalue weighted by Gasteiger charge is -2.36. The van der Waals surface area contributed by atoms with Crippen LogP contribution in [0.4, 0.5) is 5.82 Å². The third-order valence-corrected chi connectivity index (χ3v) is 4.25. The summed E-state index contributed by atoms with van der Waals surface area (Å²) in [5, 5.41) is 3.57. The van der Waals surface area contributed by atoms with Crippen LogP contribution >= 0.6 is 0 Å². The largest absolute Gasteiger partial charge is 0.356 e. The molecule has 0 spiro atoms. The highest BCUT2D eigenvalue weighted by molar-refractivity contribution is 5.47. The first-order valence-corrected chi connectivity index (χ1v) is 7.97. The van der Waals surface area contributed by atoms with Gasteiger partial charge in [0.25, 0.3) is 0 Å². The maximum Gasteiger partial charge on any atom is 0.133 e. The van der Waals surface area contributed by atoms with Gasteiger partial charge in [-0.15, -0.1) is 0 Å². The van der Waals surface area contributed by atoms with Crippen molar-refractivity contribution in [3.63, 3.8) is 0 Å². The molecule has 0 bridgehead atoms. The average molecular weight is 290 g/mol. The molecule has 1 aliphatic rings. The standard InChI is InChI=1S/C17H30N4/c1-17(2,3)19-13-14-7-6-10-18-16(14)21(5)15-8-11-20(4)12-9-15/h6-7,10,15,19H,8-9,11-13H2,1-5H3. The van der Waals surface area contributed by atoms with Gasteiger partial charge in [-0.1, -0.05) is 6.07 Å². The van der Waals surface area contributed by atoms with Crippen molar-refractivity contribution in [1.29, 1.82) is 0 Å². The number of pyridine rings is 1. The van der Waals surface area contributed by atoms with Crippen LogP contribution < -0.4 is 10.2 Å². The summed E-state index contributed by atoms with van der Waals surface area (Å²) >= 11 is 0. The minimum Gasteiger partial charge on any atom is -0.356 e.